The average molecular weight is 453 g/mol. The lowest BCUT2D eigenvalue weighted by Gasteiger charge is -2.04. The first kappa shape index (κ1) is 18.9. The van der Waals surface area contributed by atoms with E-state index in [1.165, 1.54) is 0 Å². The van der Waals surface area contributed by atoms with Gasteiger partial charge in [0.25, 0.3) is 5.91 Å². The Kier molecular flexibility index (Phi) is 6.29. The number of benzene rings is 2. The molecule has 3 aromatic rings. The smallest absolute Gasteiger partial charge is 0.287 e. The first-order valence-electron chi connectivity index (χ1n) is 7.76. The molecule has 4 nitrogen and oxygen atoms in total. The van der Waals surface area contributed by atoms with Crippen LogP contribution in [0.3, 0.4) is 0 Å². The zero-order valence-electron chi connectivity index (χ0n) is 13.6. The van der Waals surface area contributed by atoms with Crippen molar-refractivity contribution in [2.45, 2.75) is 17.2 Å². The Bertz CT molecular complexity index is 923. The number of carbonyl (C=O) groups excluding carboxylic acids is 1. The maximum absolute atomic E-state index is 12.4. The van der Waals surface area contributed by atoms with Crippen molar-refractivity contribution < 1.29 is 13.4 Å². The fraction of sp³-hybridized carbons (Fsp3) is 0.105. The quantitative estimate of drug-likeness (QED) is 0.577. The van der Waals surface area contributed by atoms with E-state index < -0.39 is 10.8 Å². The summed E-state index contributed by atoms with van der Waals surface area (Å²) < 4.78 is 18.8. The van der Waals surface area contributed by atoms with Gasteiger partial charge in [-0.15, -0.1) is 0 Å². The van der Waals surface area contributed by atoms with Crippen LogP contribution in [-0.2, 0) is 23.1 Å². The lowest BCUT2D eigenvalue weighted by Crippen LogP contribution is -2.22. The normalized spacial score (nSPS) is 11.9. The molecule has 1 N–H and O–H groups in total. The summed E-state index contributed by atoms with van der Waals surface area (Å²) >= 11 is 9.18. The van der Waals surface area contributed by atoms with Gasteiger partial charge in [-0.05, 0) is 54.1 Å². The molecule has 0 spiro atoms. The SMILES string of the molecule is O=C(NCc1ccc(Cl)cc1)c1ccc(C[S@@](=O)c2ccc(Br)cc2)o1. The predicted octanol–water partition coefficient (Wildman–Crippen LogP) is 4.93. The molecule has 0 aliphatic rings. The van der Waals surface area contributed by atoms with Crippen molar-refractivity contribution in [3.63, 3.8) is 0 Å². The molecule has 3 rings (SSSR count). The summed E-state index contributed by atoms with van der Waals surface area (Å²) in [4.78, 5) is 12.9. The van der Waals surface area contributed by atoms with Crippen molar-refractivity contribution in [3.8, 4) is 0 Å². The van der Waals surface area contributed by atoms with Gasteiger partial charge in [0, 0.05) is 20.9 Å². The second-order valence-electron chi connectivity index (χ2n) is 5.52. The number of hydrogen-bond acceptors (Lipinski definition) is 3. The standard InChI is InChI=1S/C19H15BrClNO3S/c20-14-3-8-17(9-4-14)26(24)12-16-7-10-18(25-16)19(23)22-11-13-1-5-15(21)6-2-13/h1-10H,11-12H2,(H,22,23)/t26-/m1/s1. The van der Waals surface area contributed by atoms with Gasteiger partial charge in [0.2, 0.25) is 0 Å². The molecule has 0 aliphatic carbocycles. The van der Waals surface area contributed by atoms with Gasteiger partial charge in [-0.2, -0.15) is 0 Å². The van der Waals surface area contributed by atoms with Crippen molar-refractivity contribution in [1.82, 2.24) is 5.32 Å². The second-order valence-corrected chi connectivity index (χ2v) is 8.32. The highest BCUT2D eigenvalue weighted by atomic mass is 79.9. The largest absolute Gasteiger partial charge is 0.455 e. The molecule has 1 atom stereocenters. The number of carbonyl (C=O) groups is 1. The monoisotopic (exact) mass is 451 g/mol. The minimum Gasteiger partial charge on any atom is -0.455 e. The molecular weight excluding hydrogens is 438 g/mol. The van der Waals surface area contributed by atoms with Gasteiger partial charge in [0.05, 0.1) is 16.6 Å². The summed E-state index contributed by atoms with van der Waals surface area (Å²) in [7, 11) is -1.24. The number of hydrogen-bond donors (Lipinski definition) is 1. The lowest BCUT2D eigenvalue weighted by molar-refractivity contribution is 0.0921. The van der Waals surface area contributed by atoms with Crippen LogP contribution in [0.1, 0.15) is 21.9 Å². The van der Waals surface area contributed by atoms with Crippen LogP contribution in [0, 0.1) is 0 Å². The van der Waals surface area contributed by atoms with Crippen LogP contribution < -0.4 is 5.32 Å². The van der Waals surface area contributed by atoms with E-state index in [1.807, 2.05) is 24.3 Å². The molecule has 2 aromatic carbocycles. The van der Waals surface area contributed by atoms with Crippen molar-refractivity contribution in [2.24, 2.45) is 0 Å². The summed E-state index contributed by atoms with van der Waals surface area (Å²) in [6.07, 6.45) is 0. The molecule has 7 heteroatoms. The highest BCUT2D eigenvalue weighted by Crippen LogP contribution is 2.18. The molecule has 26 heavy (non-hydrogen) atoms. The van der Waals surface area contributed by atoms with Gasteiger partial charge in [0.15, 0.2) is 5.76 Å². The van der Waals surface area contributed by atoms with E-state index in [1.54, 1.807) is 36.4 Å². The van der Waals surface area contributed by atoms with Gasteiger partial charge < -0.3 is 9.73 Å². The number of halogens is 2. The predicted molar refractivity (Wildman–Crippen MR) is 106 cm³/mol. The Morgan fingerprint density at radius 1 is 1.04 bits per heavy atom. The minimum atomic E-state index is -1.24. The number of amides is 1. The van der Waals surface area contributed by atoms with Gasteiger partial charge in [-0.3, -0.25) is 9.00 Å². The number of rotatable bonds is 6. The molecule has 0 aliphatic heterocycles. The lowest BCUT2D eigenvalue weighted by atomic mass is 10.2. The molecule has 0 saturated carbocycles. The van der Waals surface area contributed by atoms with Crippen LogP contribution in [0.4, 0.5) is 0 Å². The molecular formula is C19H15BrClNO3S. The van der Waals surface area contributed by atoms with Gasteiger partial charge in [0.1, 0.15) is 5.76 Å². The van der Waals surface area contributed by atoms with E-state index in [-0.39, 0.29) is 17.4 Å². The summed E-state index contributed by atoms with van der Waals surface area (Å²) in [6, 6.07) is 17.8. The molecule has 0 unspecified atom stereocenters. The van der Waals surface area contributed by atoms with Gasteiger partial charge >= 0.3 is 0 Å². The first-order chi connectivity index (χ1) is 12.5. The maximum atomic E-state index is 12.4. The highest BCUT2D eigenvalue weighted by molar-refractivity contribution is 9.10. The molecule has 0 bridgehead atoms. The Hall–Kier alpha value is -1.89. The summed E-state index contributed by atoms with van der Waals surface area (Å²) in [5, 5.41) is 3.43. The maximum Gasteiger partial charge on any atom is 0.287 e. The van der Waals surface area contributed by atoms with Crippen LogP contribution >= 0.6 is 27.5 Å². The molecule has 0 saturated heterocycles. The van der Waals surface area contributed by atoms with E-state index >= 15 is 0 Å². The van der Waals surface area contributed by atoms with Crippen LogP contribution in [0.25, 0.3) is 0 Å². The topological polar surface area (TPSA) is 59.3 Å². The van der Waals surface area contributed by atoms with E-state index in [9.17, 15) is 9.00 Å². The van der Waals surface area contributed by atoms with Crippen molar-refractivity contribution in [3.05, 3.63) is 87.2 Å². The molecule has 0 fully saturated rings. The molecule has 1 heterocycles. The van der Waals surface area contributed by atoms with Crippen LogP contribution in [0.15, 0.2) is 74.4 Å². The van der Waals surface area contributed by atoms with Crippen molar-refractivity contribution >= 4 is 44.2 Å². The average Bonchev–Trinajstić information content (AvgIpc) is 3.10. The van der Waals surface area contributed by atoms with Crippen LogP contribution in [0.5, 0.6) is 0 Å². The molecule has 134 valence electrons. The second kappa shape index (κ2) is 8.66. The van der Waals surface area contributed by atoms with E-state index in [4.69, 9.17) is 16.0 Å². The van der Waals surface area contributed by atoms with Crippen molar-refractivity contribution in [1.29, 1.82) is 0 Å². The Labute approximate surface area is 167 Å². The highest BCUT2D eigenvalue weighted by Gasteiger charge is 2.13. The summed E-state index contributed by atoms with van der Waals surface area (Å²) in [5.41, 5.74) is 0.936. The third-order valence-electron chi connectivity index (χ3n) is 3.60. The number of nitrogens with one attached hydrogen (secondary N) is 1. The number of furan rings is 1. The first-order valence-corrected chi connectivity index (χ1v) is 10.3. The van der Waals surface area contributed by atoms with E-state index in [2.05, 4.69) is 21.2 Å². The molecule has 1 amide bonds. The summed E-state index contributed by atoms with van der Waals surface area (Å²) in [5.74, 6) is 0.594. The Morgan fingerprint density at radius 2 is 1.73 bits per heavy atom. The zero-order valence-corrected chi connectivity index (χ0v) is 16.7. The van der Waals surface area contributed by atoms with Crippen LogP contribution in [0.2, 0.25) is 5.02 Å². The Balaban J connectivity index is 1.58. The summed E-state index contributed by atoms with van der Waals surface area (Å²) in [6.45, 7) is 0.372. The van der Waals surface area contributed by atoms with Crippen LogP contribution in [-0.4, -0.2) is 10.1 Å². The van der Waals surface area contributed by atoms with Gasteiger partial charge in [-0.25, -0.2) is 0 Å². The minimum absolute atomic E-state index is 0.196. The van der Waals surface area contributed by atoms with Gasteiger partial charge in [-0.1, -0.05) is 39.7 Å². The fourth-order valence-corrected chi connectivity index (χ4v) is 3.66. The Morgan fingerprint density at radius 3 is 2.42 bits per heavy atom. The molecule has 0 radical (unpaired) electrons. The van der Waals surface area contributed by atoms with Crippen molar-refractivity contribution in [2.75, 3.05) is 0 Å². The molecule has 1 aromatic heterocycles. The third-order valence-corrected chi connectivity index (χ3v) is 5.73. The zero-order chi connectivity index (χ0) is 18.5. The fourth-order valence-electron chi connectivity index (χ4n) is 2.25. The third kappa shape index (κ3) is 5.06. The van der Waals surface area contributed by atoms with E-state index in [0.717, 1.165) is 10.0 Å². The van der Waals surface area contributed by atoms with E-state index in [0.29, 0.717) is 22.2 Å².